The molecule has 1 aliphatic heterocycles. The first-order valence-electron chi connectivity index (χ1n) is 10.2. The van der Waals surface area contributed by atoms with E-state index < -0.39 is 28.3 Å². The van der Waals surface area contributed by atoms with Crippen LogP contribution in [0.2, 0.25) is 0 Å². The van der Waals surface area contributed by atoms with Crippen LogP contribution in [-0.2, 0) is 19.6 Å². The van der Waals surface area contributed by atoms with Crippen LogP contribution in [0.15, 0.2) is 41.3 Å². The molecule has 1 heterocycles. The number of aryl methyl sites for hydroxylation is 1. The molecule has 3 N–H and O–H groups in total. The number of nitrogens with one attached hydrogen (secondary N) is 2. The minimum Gasteiger partial charge on any atom is -0.394 e. The minimum absolute atomic E-state index is 0.0816. The number of carbonyl (C=O) groups is 1. The molecule has 0 radical (unpaired) electrons. The van der Waals surface area contributed by atoms with Gasteiger partial charge in [-0.05, 0) is 31.9 Å². The summed E-state index contributed by atoms with van der Waals surface area (Å²) in [6.07, 6.45) is 7.78. The predicted molar refractivity (Wildman–Crippen MR) is 110 cm³/mol. The number of aliphatic hydroxyl groups is 1. The van der Waals surface area contributed by atoms with Crippen LogP contribution in [0.25, 0.3) is 0 Å². The van der Waals surface area contributed by atoms with E-state index in [1.807, 2.05) is 6.92 Å². The van der Waals surface area contributed by atoms with E-state index in [0.29, 0.717) is 0 Å². The highest BCUT2D eigenvalue weighted by Crippen LogP contribution is 2.20. The highest BCUT2D eigenvalue weighted by Gasteiger charge is 2.31. The molecular weight excluding hydrogens is 392 g/mol. The Balaban J connectivity index is 1.59. The highest BCUT2D eigenvalue weighted by atomic mass is 32.2. The number of aliphatic hydroxyl groups excluding tert-OH is 1. The van der Waals surface area contributed by atoms with Crippen LogP contribution in [-0.4, -0.2) is 50.3 Å². The number of hydrogen-bond acceptors (Lipinski definition) is 5. The maximum absolute atomic E-state index is 12.6. The summed E-state index contributed by atoms with van der Waals surface area (Å²) in [5.74, 6) is -0.0816. The van der Waals surface area contributed by atoms with E-state index in [1.54, 1.807) is 24.3 Å². The third-order valence-electron chi connectivity index (χ3n) is 5.44. The number of hydrogen-bond donors (Lipinski definition) is 3. The van der Waals surface area contributed by atoms with Crippen LogP contribution >= 0.6 is 0 Å². The second-order valence-corrected chi connectivity index (χ2v) is 9.56. The van der Waals surface area contributed by atoms with Crippen molar-refractivity contribution in [2.75, 3.05) is 6.61 Å². The Morgan fingerprint density at radius 2 is 1.83 bits per heavy atom. The molecule has 0 spiro atoms. The van der Waals surface area contributed by atoms with Crippen LogP contribution in [0.5, 0.6) is 0 Å². The summed E-state index contributed by atoms with van der Waals surface area (Å²) >= 11 is 0. The summed E-state index contributed by atoms with van der Waals surface area (Å²) in [5, 5.41) is 12.7. The van der Waals surface area contributed by atoms with Crippen molar-refractivity contribution in [1.82, 2.24) is 10.0 Å². The van der Waals surface area contributed by atoms with Crippen molar-refractivity contribution in [3.05, 3.63) is 42.0 Å². The fourth-order valence-electron chi connectivity index (χ4n) is 3.79. The maximum atomic E-state index is 12.6. The van der Waals surface area contributed by atoms with Crippen molar-refractivity contribution in [3.8, 4) is 0 Å². The van der Waals surface area contributed by atoms with Gasteiger partial charge in [0.15, 0.2) is 0 Å². The lowest BCUT2D eigenvalue weighted by Gasteiger charge is -2.32. The van der Waals surface area contributed by atoms with E-state index >= 15 is 0 Å². The summed E-state index contributed by atoms with van der Waals surface area (Å²) in [5.41, 5.74) is 0.965. The Morgan fingerprint density at radius 1 is 1.14 bits per heavy atom. The monoisotopic (exact) mass is 422 g/mol. The zero-order chi connectivity index (χ0) is 20.9. The Bertz CT molecular complexity index is 816. The maximum Gasteiger partial charge on any atom is 0.241 e. The van der Waals surface area contributed by atoms with Gasteiger partial charge in [-0.1, -0.05) is 49.1 Å². The van der Waals surface area contributed by atoms with E-state index in [4.69, 9.17) is 4.74 Å². The Hall–Kier alpha value is -1.74. The third kappa shape index (κ3) is 6.12. The number of amides is 1. The molecule has 1 aliphatic carbocycles. The molecule has 0 aromatic heterocycles. The van der Waals surface area contributed by atoms with Crippen LogP contribution in [0.3, 0.4) is 0 Å². The highest BCUT2D eigenvalue weighted by molar-refractivity contribution is 7.89. The smallest absolute Gasteiger partial charge is 0.241 e. The van der Waals surface area contributed by atoms with E-state index in [1.165, 1.54) is 18.6 Å². The van der Waals surface area contributed by atoms with Gasteiger partial charge in [0.25, 0.3) is 0 Å². The lowest BCUT2D eigenvalue weighted by atomic mass is 9.95. The number of sulfonamides is 1. The first-order chi connectivity index (χ1) is 13.9. The second-order valence-electron chi connectivity index (χ2n) is 7.85. The van der Waals surface area contributed by atoms with Gasteiger partial charge < -0.3 is 15.2 Å². The van der Waals surface area contributed by atoms with E-state index in [2.05, 4.69) is 10.0 Å². The summed E-state index contributed by atoms with van der Waals surface area (Å²) in [4.78, 5) is 12.5. The minimum atomic E-state index is -3.75. The van der Waals surface area contributed by atoms with Crippen LogP contribution < -0.4 is 10.0 Å². The molecule has 0 unspecified atom stereocenters. The molecule has 160 valence electrons. The third-order valence-corrected chi connectivity index (χ3v) is 6.92. The van der Waals surface area contributed by atoms with Gasteiger partial charge in [0.05, 0.1) is 30.1 Å². The molecule has 2 aliphatic rings. The van der Waals surface area contributed by atoms with Crippen molar-refractivity contribution < 1.29 is 23.1 Å². The van der Waals surface area contributed by atoms with Crippen molar-refractivity contribution in [2.24, 2.45) is 0 Å². The largest absolute Gasteiger partial charge is 0.394 e. The fraction of sp³-hybridized carbons (Fsp3) is 0.571. The molecule has 1 saturated carbocycles. The van der Waals surface area contributed by atoms with Gasteiger partial charge >= 0.3 is 0 Å². The topological polar surface area (TPSA) is 105 Å². The molecule has 29 heavy (non-hydrogen) atoms. The number of carbonyl (C=O) groups excluding carboxylic acids is 1. The Labute approximate surface area is 172 Å². The molecule has 0 saturated heterocycles. The lowest BCUT2D eigenvalue weighted by molar-refractivity contribution is -0.126. The van der Waals surface area contributed by atoms with Crippen LogP contribution in [0.4, 0.5) is 0 Å². The standard InChI is InChI=1S/C21H30N2O5S/c1-15-7-10-18(11-8-15)29(26,27)23-19-12-9-17(28-20(19)14-24)13-21(25)22-16-5-3-2-4-6-16/h7-12,16-17,19-20,23-24H,2-6,13-14H2,1H3,(H,22,25)/t17-,19+,20-/m0/s1. The van der Waals surface area contributed by atoms with Gasteiger partial charge in [-0.3, -0.25) is 4.79 Å². The summed E-state index contributed by atoms with van der Waals surface area (Å²) in [6.45, 7) is 1.53. The van der Waals surface area contributed by atoms with E-state index in [0.717, 1.165) is 31.2 Å². The molecular formula is C21H30N2O5S. The Morgan fingerprint density at radius 3 is 2.48 bits per heavy atom. The van der Waals surface area contributed by atoms with Gasteiger partial charge in [0.2, 0.25) is 15.9 Å². The number of benzene rings is 1. The first kappa shape index (κ1) is 22.0. The van der Waals surface area contributed by atoms with Gasteiger partial charge in [-0.2, -0.15) is 0 Å². The van der Waals surface area contributed by atoms with E-state index in [9.17, 15) is 18.3 Å². The van der Waals surface area contributed by atoms with Gasteiger partial charge in [0, 0.05) is 6.04 Å². The summed E-state index contributed by atoms with van der Waals surface area (Å²) in [7, 11) is -3.75. The predicted octanol–water partition coefficient (Wildman–Crippen LogP) is 1.80. The first-order valence-corrected chi connectivity index (χ1v) is 11.7. The molecule has 3 rings (SSSR count). The van der Waals surface area contributed by atoms with Gasteiger partial charge in [-0.25, -0.2) is 13.1 Å². The molecule has 1 amide bonds. The fourth-order valence-corrected chi connectivity index (χ4v) is 5.01. The summed E-state index contributed by atoms with van der Waals surface area (Å²) in [6, 6.07) is 6.06. The molecule has 7 nitrogen and oxygen atoms in total. The van der Waals surface area contributed by atoms with Crippen molar-refractivity contribution in [1.29, 1.82) is 0 Å². The molecule has 0 bridgehead atoms. The normalized spacial score (nSPS) is 25.7. The second kappa shape index (κ2) is 9.84. The van der Waals surface area contributed by atoms with Gasteiger partial charge in [0.1, 0.15) is 6.10 Å². The molecule has 3 atom stereocenters. The van der Waals surface area contributed by atoms with Gasteiger partial charge in [-0.15, -0.1) is 0 Å². The zero-order valence-corrected chi connectivity index (χ0v) is 17.5. The summed E-state index contributed by atoms with van der Waals surface area (Å²) < 4.78 is 33.6. The average molecular weight is 423 g/mol. The van der Waals surface area contributed by atoms with Crippen LogP contribution in [0, 0.1) is 6.92 Å². The van der Waals surface area contributed by atoms with E-state index in [-0.39, 0.29) is 29.9 Å². The van der Waals surface area contributed by atoms with Crippen molar-refractivity contribution in [2.45, 2.75) is 74.6 Å². The number of rotatable bonds is 7. The molecule has 1 aromatic carbocycles. The molecule has 1 fully saturated rings. The average Bonchev–Trinajstić information content (AvgIpc) is 2.70. The molecule has 8 heteroatoms. The lowest BCUT2D eigenvalue weighted by Crippen LogP contribution is -2.49. The molecule has 1 aromatic rings. The SMILES string of the molecule is Cc1ccc(S(=O)(=O)N[C@@H]2C=C[C@@H](CC(=O)NC3CCCCC3)O[C@H]2CO)cc1. The van der Waals surface area contributed by atoms with Crippen molar-refractivity contribution >= 4 is 15.9 Å². The number of ether oxygens (including phenoxy) is 1. The van der Waals surface area contributed by atoms with Crippen LogP contribution in [0.1, 0.15) is 44.1 Å². The zero-order valence-electron chi connectivity index (χ0n) is 16.7. The van der Waals surface area contributed by atoms with Crippen molar-refractivity contribution in [3.63, 3.8) is 0 Å². The Kier molecular flexibility index (Phi) is 7.45. The quantitative estimate of drug-likeness (QED) is 0.581.